The van der Waals surface area contributed by atoms with Crippen LogP contribution >= 0.6 is 0 Å². The standard InChI is InChI=1S/C21H26N2O5/c1-4-15-7-10-17(11-8-15)28-14-20(24)22-23-21(25)16-9-12-18(26-5-2)19(13-16)27-6-3/h7-13H,4-6,14H2,1-3H3,(H,22,24)(H,23,25). The van der Waals surface area contributed by atoms with Crippen LogP contribution in [0.25, 0.3) is 0 Å². The normalized spacial score (nSPS) is 10.1. The van der Waals surface area contributed by atoms with Crippen LogP contribution in [0.2, 0.25) is 0 Å². The fourth-order valence-corrected chi connectivity index (χ4v) is 2.40. The van der Waals surface area contributed by atoms with E-state index < -0.39 is 11.8 Å². The Kier molecular flexibility index (Phi) is 8.14. The van der Waals surface area contributed by atoms with Crippen LogP contribution in [0.4, 0.5) is 0 Å². The van der Waals surface area contributed by atoms with Crippen LogP contribution < -0.4 is 25.1 Å². The summed E-state index contributed by atoms with van der Waals surface area (Å²) in [7, 11) is 0. The Hall–Kier alpha value is -3.22. The molecule has 2 rings (SSSR count). The van der Waals surface area contributed by atoms with Crippen LogP contribution in [0.3, 0.4) is 0 Å². The zero-order valence-corrected chi connectivity index (χ0v) is 16.4. The Morgan fingerprint density at radius 1 is 0.821 bits per heavy atom. The van der Waals surface area contributed by atoms with Crippen LogP contribution in [0.5, 0.6) is 17.2 Å². The maximum Gasteiger partial charge on any atom is 0.276 e. The Morgan fingerprint density at radius 2 is 1.50 bits per heavy atom. The molecular formula is C21H26N2O5. The van der Waals surface area contributed by atoms with E-state index in [9.17, 15) is 9.59 Å². The van der Waals surface area contributed by atoms with Crippen molar-refractivity contribution < 1.29 is 23.8 Å². The Balaban J connectivity index is 1.86. The van der Waals surface area contributed by atoms with Crippen molar-refractivity contribution in [3.8, 4) is 17.2 Å². The highest BCUT2D eigenvalue weighted by Crippen LogP contribution is 2.28. The molecule has 0 unspecified atom stereocenters. The number of aryl methyl sites for hydroxylation is 1. The molecule has 0 aliphatic carbocycles. The fraction of sp³-hybridized carbons (Fsp3) is 0.333. The van der Waals surface area contributed by atoms with Crippen LogP contribution in [-0.2, 0) is 11.2 Å². The summed E-state index contributed by atoms with van der Waals surface area (Å²) in [4.78, 5) is 24.1. The van der Waals surface area contributed by atoms with Crippen molar-refractivity contribution in [3.05, 3.63) is 53.6 Å². The molecule has 0 fully saturated rings. The molecule has 0 bridgehead atoms. The number of benzene rings is 2. The number of carbonyl (C=O) groups is 2. The minimum absolute atomic E-state index is 0.209. The number of nitrogens with one attached hydrogen (secondary N) is 2. The van der Waals surface area contributed by atoms with Crippen molar-refractivity contribution >= 4 is 11.8 Å². The topological polar surface area (TPSA) is 85.9 Å². The number of hydrazine groups is 1. The lowest BCUT2D eigenvalue weighted by atomic mass is 10.2. The van der Waals surface area contributed by atoms with Gasteiger partial charge < -0.3 is 14.2 Å². The zero-order valence-electron chi connectivity index (χ0n) is 16.4. The van der Waals surface area contributed by atoms with Gasteiger partial charge in [0, 0.05) is 5.56 Å². The predicted octanol–water partition coefficient (Wildman–Crippen LogP) is 2.89. The van der Waals surface area contributed by atoms with E-state index in [1.54, 1.807) is 30.3 Å². The van der Waals surface area contributed by atoms with Crippen molar-refractivity contribution in [1.82, 2.24) is 10.9 Å². The highest BCUT2D eigenvalue weighted by molar-refractivity contribution is 5.96. The van der Waals surface area contributed by atoms with E-state index in [0.29, 0.717) is 36.0 Å². The zero-order chi connectivity index (χ0) is 20.4. The van der Waals surface area contributed by atoms with Crippen molar-refractivity contribution in [2.45, 2.75) is 27.2 Å². The average Bonchev–Trinajstić information content (AvgIpc) is 2.72. The molecule has 2 N–H and O–H groups in total. The lowest BCUT2D eigenvalue weighted by molar-refractivity contribution is -0.123. The van der Waals surface area contributed by atoms with Gasteiger partial charge in [-0.15, -0.1) is 0 Å². The van der Waals surface area contributed by atoms with E-state index in [4.69, 9.17) is 14.2 Å². The lowest BCUT2D eigenvalue weighted by Gasteiger charge is -2.13. The molecular weight excluding hydrogens is 360 g/mol. The van der Waals surface area contributed by atoms with Gasteiger partial charge in [-0.05, 0) is 56.2 Å². The second kappa shape index (κ2) is 10.8. The first-order valence-electron chi connectivity index (χ1n) is 9.27. The van der Waals surface area contributed by atoms with Gasteiger partial charge in [-0.2, -0.15) is 0 Å². The third kappa shape index (κ3) is 6.19. The number of hydrogen-bond acceptors (Lipinski definition) is 5. The van der Waals surface area contributed by atoms with Crippen molar-refractivity contribution in [2.24, 2.45) is 0 Å². The van der Waals surface area contributed by atoms with Crippen LogP contribution in [0, 0.1) is 0 Å². The number of rotatable bonds is 9. The summed E-state index contributed by atoms with van der Waals surface area (Å²) < 4.78 is 16.4. The molecule has 28 heavy (non-hydrogen) atoms. The van der Waals surface area contributed by atoms with Crippen LogP contribution in [0.1, 0.15) is 36.7 Å². The number of ether oxygens (including phenoxy) is 3. The summed E-state index contributed by atoms with van der Waals surface area (Å²) in [6.07, 6.45) is 0.934. The molecule has 0 aliphatic rings. The van der Waals surface area contributed by atoms with Crippen LogP contribution in [0.15, 0.2) is 42.5 Å². The fourth-order valence-electron chi connectivity index (χ4n) is 2.40. The molecule has 0 heterocycles. The molecule has 0 atom stereocenters. The number of amides is 2. The van der Waals surface area contributed by atoms with Crippen LogP contribution in [-0.4, -0.2) is 31.6 Å². The van der Waals surface area contributed by atoms with Gasteiger partial charge in [0.25, 0.3) is 11.8 Å². The molecule has 2 aromatic rings. The van der Waals surface area contributed by atoms with Gasteiger partial charge in [0.2, 0.25) is 0 Å². The van der Waals surface area contributed by atoms with Gasteiger partial charge in [-0.1, -0.05) is 19.1 Å². The smallest absolute Gasteiger partial charge is 0.276 e. The summed E-state index contributed by atoms with van der Waals surface area (Å²) in [5.41, 5.74) is 6.21. The maximum absolute atomic E-state index is 12.3. The third-order valence-electron chi connectivity index (χ3n) is 3.82. The van der Waals surface area contributed by atoms with Gasteiger partial charge in [-0.3, -0.25) is 20.4 Å². The molecule has 0 saturated carbocycles. The maximum atomic E-state index is 12.3. The highest BCUT2D eigenvalue weighted by Gasteiger charge is 2.12. The first-order chi connectivity index (χ1) is 13.6. The first-order valence-corrected chi connectivity index (χ1v) is 9.27. The summed E-state index contributed by atoms with van der Waals surface area (Å²) >= 11 is 0. The monoisotopic (exact) mass is 386 g/mol. The van der Waals surface area contributed by atoms with E-state index in [1.165, 1.54) is 5.56 Å². The largest absolute Gasteiger partial charge is 0.490 e. The van der Waals surface area contributed by atoms with E-state index in [2.05, 4.69) is 17.8 Å². The van der Waals surface area contributed by atoms with Gasteiger partial charge in [0.05, 0.1) is 13.2 Å². The molecule has 2 amide bonds. The molecule has 7 nitrogen and oxygen atoms in total. The van der Waals surface area contributed by atoms with Gasteiger partial charge >= 0.3 is 0 Å². The van der Waals surface area contributed by atoms with E-state index >= 15 is 0 Å². The SMILES string of the molecule is CCOc1ccc(C(=O)NNC(=O)COc2ccc(CC)cc2)cc1OCC. The third-order valence-corrected chi connectivity index (χ3v) is 3.82. The van der Waals surface area contributed by atoms with E-state index in [-0.39, 0.29) is 6.61 Å². The Bertz CT molecular complexity index is 790. The summed E-state index contributed by atoms with van der Waals surface area (Å²) in [5, 5.41) is 0. The second-order valence-corrected chi connectivity index (χ2v) is 5.82. The Morgan fingerprint density at radius 3 is 2.14 bits per heavy atom. The summed E-state index contributed by atoms with van der Waals surface area (Å²) in [6.45, 7) is 6.50. The average molecular weight is 386 g/mol. The van der Waals surface area contributed by atoms with Gasteiger partial charge in [0.1, 0.15) is 5.75 Å². The van der Waals surface area contributed by atoms with Crippen molar-refractivity contribution in [2.75, 3.05) is 19.8 Å². The molecule has 0 spiro atoms. The minimum Gasteiger partial charge on any atom is -0.490 e. The molecule has 7 heteroatoms. The van der Waals surface area contributed by atoms with E-state index in [1.807, 2.05) is 26.0 Å². The molecule has 150 valence electrons. The van der Waals surface area contributed by atoms with Crippen molar-refractivity contribution in [3.63, 3.8) is 0 Å². The molecule has 2 aromatic carbocycles. The first kappa shape index (κ1) is 21.1. The minimum atomic E-state index is -0.469. The van der Waals surface area contributed by atoms with Gasteiger partial charge in [0.15, 0.2) is 18.1 Å². The summed E-state index contributed by atoms with van der Waals surface area (Å²) in [5.74, 6) is 0.690. The molecule has 0 saturated heterocycles. The second-order valence-electron chi connectivity index (χ2n) is 5.82. The predicted molar refractivity (Wildman–Crippen MR) is 106 cm³/mol. The molecule has 0 aliphatic heterocycles. The highest BCUT2D eigenvalue weighted by atomic mass is 16.5. The van der Waals surface area contributed by atoms with Crippen molar-refractivity contribution in [1.29, 1.82) is 0 Å². The molecule has 0 radical (unpaired) electrons. The molecule has 0 aromatic heterocycles. The summed E-state index contributed by atoms with van der Waals surface area (Å²) in [6, 6.07) is 12.3. The number of hydrogen-bond donors (Lipinski definition) is 2. The quantitative estimate of drug-likeness (QED) is 0.647. The lowest BCUT2D eigenvalue weighted by Crippen LogP contribution is -2.43. The Labute approximate surface area is 165 Å². The van der Waals surface area contributed by atoms with Gasteiger partial charge in [-0.25, -0.2) is 0 Å². The van der Waals surface area contributed by atoms with E-state index in [0.717, 1.165) is 6.42 Å². The number of carbonyl (C=O) groups excluding carboxylic acids is 2.